The Labute approximate surface area is 187 Å². The number of methoxy groups -OCH3 is 2. The minimum Gasteiger partial charge on any atom is -0.493 e. The Hall–Kier alpha value is -3.52. The minimum atomic E-state index is -3.70. The van der Waals surface area contributed by atoms with Crippen LogP contribution in [0.15, 0.2) is 71.6 Å². The molecule has 0 aromatic heterocycles. The molecule has 0 atom stereocenters. The molecule has 1 amide bonds. The van der Waals surface area contributed by atoms with Crippen LogP contribution < -0.4 is 19.1 Å². The van der Waals surface area contributed by atoms with E-state index < -0.39 is 10.0 Å². The molecule has 0 fully saturated rings. The lowest BCUT2D eigenvalue weighted by atomic mass is 10.0. The van der Waals surface area contributed by atoms with Gasteiger partial charge >= 0.3 is 0 Å². The normalized spacial score (nSPS) is 13.2. The summed E-state index contributed by atoms with van der Waals surface area (Å²) < 4.78 is 38.4. The average Bonchev–Trinajstić information content (AvgIpc) is 2.83. The van der Waals surface area contributed by atoms with Gasteiger partial charge in [0, 0.05) is 17.8 Å². The molecular weight excluding hydrogens is 428 g/mol. The van der Waals surface area contributed by atoms with Gasteiger partial charge in [0.15, 0.2) is 11.5 Å². The maximum atomic E-state index is 13.2. The highest BCUT2D eigenvalue weighted by molar-refractivity contribution is 7.92. The third-order valence-electron chi connectivity index (χ3n) is 5.40. The van der Waals surface area contributed by atoms with Crippen molar-refractivity contribution in [1.29, 1.82) is 0 Å². The number of amides is 1. The van der Waals surface area contributed by atoms with E-state index in [0.29, 0.717) is 35.0 Å². The lowest BCUT2D eigenvalue weighted by molar-refractivity contribution is 0.102. The van der Waals surface area contributed by atoms with Gasteiger partial charge in [0.05, 0.1) is 24.8 Å². The van der Waals surface area contributed by atoms with Crippen LogP contribution in [0.3, 0.4) is 0 Å². The Morgan fingerprint density at radius 3 is 2.41 bits per heavy atom. The van der Waals surface area contributed by atoms with E-state index in [9.17, 15) is 13.2 Å². The third-order valence-corrected chi connectivity index (χ3v) is 7.22. The highest BCUT2D eigenvalue weighted by Gasteiger charge is 2.29. The van der Waals surface area contributed by atoms with E-state index in [1.54, 1.807) is 60.7 Å². The Kier molecular flexibility index (Phi) is 6.05. The number of hydrogen-bond donors (Lipinski definition) is 1. The number of anilines is 2. The molecule has 166 valence electrons. The molecule has 7 nitrogen and oxygen atoms in total. The van der Waals surface area contributed by atoms with E-state index in [4.69, 9.17) is 9.47 Å². The fourth-order valence-corrected chi connectivity index (χ4v) is 5.32. The number of carbonyl (C=O) groups excluding carboxylic acids is 1. The summed E-state index contributed by atoms with van der Waals surface area (Å²) in [5.41, 5.74) is 2.43. The summed E-state index contributed by atoms with van der Waals surface area (Å²) in [6.07, 6.45) is 1.51. The SMILES string of the molecule is COc1ccc(C(=O)Nc2ccc3c(c2)N(S(=O)(=O)c2ccccc2)CCC3)cc1OC. The second-order valence-corrected chi connectivity index (χ2v) is 9.22. The number of fused-ring (bicyclic) bond motifs is 1. The fraction of sp³-hybridized carbons (Fsp3) is 0.208. The number of nitrogens with one attached hydrogen (secondary N) is 1. The van der Waals surface area contributed by atoms with Crippen molar-refractivity contribution in [2.24, 2.45) is 0 Å². The molecule has 1 N–H and O–H groups in total. The predicted molar refractivity (Wildman–Crippen MR) is 123 cm³/mol. The van der Waals surface area contributed by atoms with Gasteiger partial charge in [0.2, 0.25) is 0 Å². The number of ether oxygens (including phenoxy) is 2. The molecule has 0 aliphatic carbocycles. The van der Waals surface area contributed by atoms with Crippen molar-refractivity contribution in [2.45, 2.75) is 17.7 Å². The first-order valence-corrected chi connectivity index (χ1v) is 11.6. The topological polar surface area (TPSA) is 84.9 Å². The maximum absolute atomic E-state index is 13.2. The van der Waals surface area contributed by atoms with Crippen molar-refractivity contribution >= 4 is 27.3 Å². The minimum absolute atomic E-state index is 0.243. The second-order valence-electron chi connectivity index (χ2n) is 7.36. The summed E-state index contributed by atoms with van der Waals surface area (Å²) in [6, 6.07) is 18.6. The highest BCUT2D eigenvalue weighted by Crippen LogP contribution is 2.34. The van der Waals surface area contributed by atoms with Gasteiger partial charge in [0.25, 0.3) is 15.9 Å². The van der Waals surface area contributed by atoms with Crippen LogP contribution in [0.1, 0.15) is 22.3 Å². The number of benzene rings is 3. The lowest BCUT2D eigenvalue weighted by Crippen LogP contribution is -2.35. The Morgan fingerprint density at radius 2 is 1.69 bits per heavy atom. The molecule has 0 saturated heterocycles. The fourth-order valence-electron chi connectivity index (χ4n) is 3.77. The zero-order chi connectivity index (χ0) is 22.7. The van der Waals surface area contributed by atoms with Crippen LogP contribution in [-0.2, 0) is 16.4 Å². The van der Waals surface area contributed by atoms with Crippen molar-refractivity contribution in [3.8, 4) is 11.5 Å². The second kappa shape index (κ2) is 8.92. The first kappa shape index (κ1) is 21.7. The van der Waals surface area contributed by atoms with E-state index in [-0.39, 0.29) is 10.8 Å². The number of nitrogens with zero attached hydrogens (tertiary/aromatic N) is 1. The van der Waals surface area contributed by atoms with Crippen LogP contribution in [-0.4, -0.2) is 35.1 Å². The first-order valence-electron chi connectivity index (χ1n) is 10.2. The largest absolute Gasteiger partial charge is 0.493 e. The van der Waals surface area contributed by atoms with Crippen molar-refractivity contribution in [2.75, 3.05) is 30.4 Å². The molecular formula is C24H24N2O5S. The summed E-state index contributed by atoms with van der Waals surface area (Å²) in [6.45, 7) is 0.386. The number of carbonyl (C=O) groups is 1. The van der Waals surface area contributed by atoms with E-state index in [2.05, 4.69) is 5.32 Å². The van der Waals surface area contributed by atoms with Crippen molar-refractivity contribution in [1.82, 2.24) is 0 Å². The van der Waals surface area contributed by atoms with Crippen LogP contribution in [0.4, 0.5) is 11.4 Å². The smallest absolute Gasteiger partial charge is 0.264 e. The van der Waals surface area contributed by atoms with E-state index >= 15 is 0 Å². The molecule has 0 unspecified atom stereocenters. The van der Waals surface area contributed by atoms with Crippen molar-refractivity contribution < 1.29 is 22.7 Å². The van der Waals surface area contributed by atoms with Gasteiger partial charge in [-0.15, -0.1) is 0 Å². The van der Waals surface area contributed by atoms with E-state index in [0.717, 1.165) is 18.4 Å². The summed E-state index contributed by atoms with van der Waals surface area (Å²) in [5.74, 6) is 0.643. The quantitative estimate of drug-likeness (QED) is 0.609. The standard InChI is InChI=1S/C24H24N2O5S/c1-30-22-13-11-18(15-23(22)31-2)24(27)25-19-12-10-17-7-6-14-26(21(17)16-19)32(28,29)20-8-4-3-5-9-20/h3-5,8-13,15-16H,6-7,14H2,1-2H3,(H,25,27). The molecule has 0 radical (unpaired) electrons. The zero-order valence-corrected chi connectivity index (χ0v) is 18.7. The summed E-state index contributed by atoms with van der Waals surface area (Å²) in [4.78, 5) is 13.1. The molecule has 4 rings (SSSR count). The van der Waals surface area contributed by atoms with E-state index in [1.807, 2.05) is 6.07 Å². The van der Waals surface area contributed by atoms with Gasteiger partial charge in [-0.05, 0) is 60.9 Å². The van der Waals surface area contributed by atoms with Crippen LogP contribution >= 0.6 is 0 Å². The molecule has 1 aliphatic heterocycles. The summed E-state index contributed by atoms with van der Waals surface area (Å²) in [5, 5.41) is 2.85. The van der Waals surface area contributed by atoms with Crippen LogP contribution in [0.25, 0.3) is 0 Å². The monoisotopic (exact) mass is 452 g/mol. The van der Waals surface area contributed by atoms with Crippen LogP contribution in [0.2, 0.25) is 0 Å². The Bertz CT molecular complexity index is 1240. The van der Waals surface area contributed by atoms with Gasteiger partial charge in [-0.1, -0.05) is 24.3 Å². The van der Waals surface area contributed by atoms with Gasteiger partial charge in [-0.25, -0.2) is 8.42 Å². The molecule has 8 heteroatoms. The number of rotatable bonds is 6. The molecule has 1 heterocycles. The number of hydrogen-bond acceptors (Lipinski definition) is 5. The van der Waals surface area contributed by atoms with Crippen molar-refractivity contribution in [3.05, 3.63) is 77.9 Å². The summed E-state index contributed by atoms with van der Waals surface area (Å²) in [7, 11) is -0.667. The molecule has 3 aromatic rings. The molecule has 0 spiro atoms. The van der Waals surface area contributed by atoms with Gasteiger partial charge in [-0.2, -0.15) is 0 Å². The first-order chi connectivity index (χ1) is 15.4. The number of aryl methyl sites for hydroxylation is 1. The van der Waals surface area contributed by atoms with Gasteiger partial charge in [0.1, 0.15) is 0 Å². The maximum Gasteiger partial charge on any atom is 0.264 e. The summed E-state index contributed by atoms with van der Waals surface area (Å²) >= 11 is 0. The van der Waals surface area contributed by atoms with E-state index in [1.165, 1.54) is 18.5 Å². The molecule has 1 aliphatic rings. The third kappa shape index (κ3) is 4.13. The Morgan fingerprint density at radius 1 is 0.938 bits per heavy atom. The highest BCUT2D eigenvalue weighted by atomic mass is 32.2. The zero-order valence-electron chi connectivity index (χ0n) is 17.9. The Balaban J connectivity index is 1.63. The molecule has 0 bridgehead atoms. The van der Waals surface area contributed by atoms with Gasteiger partial charge in [-0.3, -0.25) is 9.10 Å². The number of sulfonamides is 1. The molecule has 32 heavy (non-hydrogen) atoms. The molecule has 0 saturated carbocycles. The van der Waals surface area contributed by atoms with Crippen LogP contribution in [0.5, 0.6) is 11.5 Å². The van der Waals surface area contributed by atoms with Crippen molar-refractivity contribution in [3.63, 3.8) is 0 Å². The molecule has 3 aromatic carbocycles. The van der Waals surface area contributed by atoms with Gasteiger partial charge < -0.3 is 14.8 Å². The predicted octanol–water partition coefficient (Wildman–Crippen LogP) is 4.10. The average molecular weight is 453 g/mol. The lowest BCUT2D eigenvalue weighted by Gasteiger charge is -2.31. The van der Waals surface area contributed by atoms with Crippen LogP contribution in [0, 0.1) is 0 Å².